The van der Waals surface area contributed by atoms with Crippen molar-refractivity contribution in [2.75, 3.05) is 26.3 Å². The number of carbonyl (C=O) groups excluding carboxylic acids is 1. The second-order valence-electron chi connectivity index (χ2n) is 7.44. The van der Waals surface area contributed by atoms with Crippen molar-refractivity contribution >= 4 is 5.91 Å². The molecule has 0 radical (unpaired) electrons. The summed E-state index contributed by atoms with van der Waals surface area (Å²) >= 11 is 0. The number of hydrogen-bond donors (Lipinski definition) is 0. The van der Waals surface area contributed by atoms with Gasteiger partial charge in [-0.05, 0) is 43.4 Å². The number of aromatic nitrogens is 2. The first kappa shape index (κ1) is 17.9. The predicted octanol–water partition coefficient (Wildman–Crippen LogP) is 2.50. The van der Waals surface area contributed by atoms with Gasteiger partial charge in [-0.3, -0.25) is 9.78 Å². The van der Waals surface area contributed by atoms with E-state index in [2.05, 4.69) is 9.97 Å². The molecule has 2 aliphatic rings. The maximum absolute atomic E-state index is 12.4. The number of carbonyl (C=O) groups is 1. The standard InChI is InChI=1S/C21H25N3O3/c25-20(13-18-5-1-3-9-22-18)24-15-21(16-24)14-17(8-12-27-21)7-11-26-19-6-2-4-10-23-19/h1-6,9-10,17H,7-8,11-16H2/t17-/m0/s1. The number of nitrogens with zero attached hydrogens (tertiary/aromatic N) is 3. The molecular weight excluding hydrogens is 342 g/mol. The van der Waals surface area contributed by atoms with Crippen LogP contribution in [-0.2, 0) is 16.0 Å². The summed E-state index contributed by atoms with van der Waals surface area (Å²) < 4.78 is 11.8. The zero-order valence-corrected chi connectivity index (χ0v) is 15.4. The number of amides is 1. The lowest BCUT2D eigenvalue weighted by atomic mass is 9.79. The molecule has 6 nitrogen and oxygen atoms in total. The molecule has 0 bridgehead atoms. The molecule has 0 N–H and O–H groups in total. The van der Waals surface area contributed by atoms with E-state index in [-0.39, 0.29) is 11.5 Å². The van der Waals surface area contributed by atoms with Crippen molar-refractivity contribution in [2.24, 2.45) is 5.92 Å². The van der Waals surface area contributed by atoms with Crippen LogP contribution in [0.5, 0.6) is 5.88 Å². The third kappa shape index (κ3) is 4.45. The summed E-state index contributed by atoms with van der Waals surface area (Å²) in [5, 5.41) is 0. The lowest BCUT2D eigenvalue weighted by Crippen LogP contribution is -2.66. The quantitative estimate of drug-likeness (QED) is 0.785. The summed E-state index contributed by atoms with van der Waals surface area (Å²) in [5.41, 5.74) is 0.658. The van der Waals surface area contributed by atoms with Crippen molar-refractivity contribution in [3.63, 3.8) is 0 Å². The molecule has 0 unspecified atom stereocenters. The van der Waals surface area contributed by atoms with Crippen LogP contribution in [0, 0.1) is 5.92 Å². The Kier molecular flexibility index (Phi) is 5.34. The fraction of sp³-hybridized carbons (Fsp3) is 0.476. The Labute approximate surface area is 159 Å². The molecule has 2 aromatic rings. The first-order valence-corrected chi connectivity index (χ1v) is 9.58. The second kappa shape index (κ2) is 8.05. The molecule has 4 rings (SSSR count). The van der Waals surface area contributed by atoms with Crippen molar-refractivity contribution in [1.82, 2.24) is 14.9 Å². The fourth-order valence-corrected chi connectivity index (χ4v) is 3.95. The van der Waals surface area contributed by atoms with Crippen LogP contribution >= 0.6 is 0 Å². The van der Waals surface area contributed by atoms with Crippen molar-refractivity contribution in [3.05, 3.63) is 54.5 Å². The van der Waals surface area contributed by atoms with E-state index in [0.717, 1.165) is 31.6 Å². The van der Waals surface area contributed by atoms with E-state index < -0.39 is 0 Å². The highest BCUT2D eigenvalue weighted by Crippen LogP contribution is 2.38. The van der Waals surface area contributed by atoms with Gasteiger partial charge in [-0.25, -0.2) is 4.98 Å². The number of hydrogen-bond acceptors (Lipinski definition) is 5. The van der Waals surface area contributed by atoms with Gasteiger partial charge in [-0.1, -0.05) is 12.1 Å². The highest BCUT2D eigenvalue weighted by atomic mass is 16.5. The van der Waals surface area contributed by atoms with E-state index in [1.807, 2.05) is 41.3 Å². The predicted molar refractivity (Wildman–Crippen MR) is 100 cm³/mol. The Morgan fingerprint density at radius 1 is 1.19 bits per heavy atom. The van der Waals surface area contributed by atoms with Gasteiger partial charge < -0.3 is 14.4 Å². The Morgan fingerprint density at radius 3 is 2.74 bits per heavy atom. The third-order valence-corrected chi connectivity index (χ3v) is 5.38. The lowest BCUT2D eigenvalue weighted by Gasteiger charge is -2.53. The summed E-state index contributed by atoms with van der Waals surface area (Å²) in [5.74, 6) is 1.37. The van der Waals surface area contributed by atoms with Crippen molar-refractivity contribution in [2.45, 2.75) is 31.3 Å². The van der Waals surface area contributed by atoms with Gasteiger partial charge in [0.2, 0.25) is 11.8 Å². The van der Waals surface area contributed by atoms with Crippen LogP contribution in [0.2, 0.25) is 0 Å². The monoisotopic (exact) mass is 367 g/mol. The summed E-state index contributed by atoms with van der Waals surface area (Å²) in [6, 6.07) is 11.4. The Balaban J connectivity index is 1.22. The van der Waals surface area contributed by atoms with Gasteiger partial charge in [0.15, 0.2) is 0 Å². The highest BCUT2D eigenvalue weighted by Gasteiger charge is 2.48. The van der Waals surface area contributed by atoms with E-state index in [1.165, 1.54) is 0 Å². The van der Waals surface area contributed by atoms with Crippen molar-refractivity contribution in [3.8, 4) is 5.88 Å². The van der Waals surface area contributed by atoms with Gasteiger partial charge >= 0.3 is 0 Å². The molecule has 0 aromatic carbocycles. The van der Waals surface area contributed by atoms with Crippen LogP contribution in [0.4, 0.5) is 0 Å². The molecule has 27 heavy (non-hydrogen) atoms. The number of likely N-dealkylation sites (tertiary alicyclic amines) is 1. The van der Waals surface area contributed by atoms with Crippen LogP contribution < -0.4 is 4.74 Å². The topological polar surface area (TPSA) is 64.6 Å². The van der Waals surface area contributed by atoms with Gasteiger partial charge in [0.05, 0.1) is 26.1 Å². The van der Waals surface area contributed by atoms with Gasteiger partial charge in [0.1, 0.15) is 5.60 Å². The highest BCUT2D eigenvalue weighted by molar-refractivity contribution is 5.79. The molecule has 142 valence electrons. The molecule has 0 saturated carbocycles. The van der Waals surface area contributed by atoms with Gasteiger partial charge in [0.25, 0.3) is 0 Å². The maximum Gasteiger partial charge on any atom is 0.228 e. The van der Waals surface area contributed by atoms with Crippen LogP contribution in [-0.4, -0.2) is 52.7 Å². The van der Waals surface area contributed by atoms with Gasteiger partial charge in [-0.2, -0.15) is 0 Å². The fourth-order valence-electron chi connectivity index (χ4n) is 3.95. The number of ether oxygens (including phenoxy) is 2. The molecule has 2 aromatic heterocycles. The molecule has 6 heteroatoms. The molecule has 2 fully saturated rings. The molecule has 1 spiro atoms. The minimum Gasteiger partial charge on any atom is -0.478 e. The molecule has 2 saturated heterocycles. The Hall–Kier alpha value is -2.47. The molecule has 4 heterocycles. The average molecular weight is 367 g/mol. The molecular formula is C21H25N3O3. The number of pyridine rings is 2. The van der Waals surface area contributed by atoms with Crippen LogP contribution in [0.25, 0.3) is 0 Å². The summed E-state index contributed by atoms with van der Waals surface area (Å²) in [4.78, 5) is 22.7. The van der Waals surface area contributed by atoms with E-state index in [1.54, 1.807) is 12.4 Å². The zero-order chi connectivity index (χ0) is 18.5. The van der Waals surface area contributed by atoms with E-state index in [9.17, 15) is 4.79 Å². The molecule has 1 amide bonds. The van der Waals surface area contributed by atoms with Crippen molar-refractivity contribution < 1.29 is 14.3 Å². The summed E-state index contributed by atoms with van der Waals surface area (Å²) in [6.45, 7) is 2.81. The Morgan fingerprint density at radius 2 is 2.00 bits per heavy atom. The van der Waals surface area contributed by atoms with E-state index >= 15 is 0 Å². The van der Waals surface area contributed by atoms with E-state index in [0.29, 0.717) is 37.9 Å². The zero-order valence-electron chi connectivity index (χ0n) is 15.4. The normalized spacial score (nSPS) is 20.9. The summed E-state index contributed by atoms with van der Waals surface area (Å²) in [7, 11) is 0. The second-order valence-corrected chi connectivity index (χ2v) is 7.44. The first-order valence-electron chi connectivity index (χ1n) is 9.58. The summed E-state index contributed by atoms with van der Waals surface area (Å²) in [6.07, 6.45) is 6.86. The molecule has 0 aliphatic carbocycles. The van der Waals surface area contributed by atoms with Crippen LogP contribution in [0.1, 0.15) is 25.0 Å². The van der Waals surface area contributed by atoms with E-state index in [4.69, 9.17) is 9.47 Å². The van der Waals surface area contributed by atoms with Gasteiger partial charge in [-0.15, -0.1) is 0 Å². The Bertz CT molecular complexity index is 748. The average Bonchev–Trinajstić information content (AvgIpc) is 2.68. The third-order valence-electron chi connectivity index (χ3n) is 5.38. The first-order chi connectivity index (χ1) is 13.2. The minimum absolute atomic E-state index is 0.128. The number of rotatable bonds is 6. The minimum atomic E-state index is -0.159. The SMILES string of the molecule is O=C(Cc1ccccn1)N1CC2(C[C@@H](CCOc3ccccn3)CCO2)C1. The largest absolute Gasteiger partial charge is 0.478 e. The smallest absolute Gasteiger partial charge is 0.228 e. The van der Waals surface area contributed by atoms with Crippen LogP contribution in [0.15, 0.2) is 48.8 Å². The maximum atomic E-state index is 12.4. The van der Waals surface area contributed by atoms with Gasteiger partial charge in [0, 0.05) is 30.8 Å². The van der Waals surface area contributed by atoms with Crippen LogP contribution in [0.3, 0.4) is 0 Å². The van der Waals surface area contributed by atoms with Crippen molar-refractivity contribution in [1.29, 1.82) is 0 Å². The molecule has 1 atom stereocenters. The lowest BCUT2D eigenvalue weighted by molar-refractivity contribution is -0.188. The molecule has 2 aliphatic heterocycles.